The van der Waals surface area contributed by atoms with Crippen molar-refractivity contribution in [2.45, 2.75) is 19.3 Å². The highest BCUT2D eigenvalue weighted by Gasteiger charge is 2.47. The van der Waals surface area contributed by atoms with E-state index in [2.05, 4.69) is 56.3 Å². The van der Waals surface area contributed by atoms with Crippen LogP contribution in [0.4, 0.5) is 0 Å². The lowest BCUT2D eigenvalue weighted by molar-refractivity contribution is -0.0981. The Bertz CT molecular complexity index is 601. The lowest BCUT2D eigenvalue weighted by atomic mass is 9.64. The monoisotopic (exact) mass is 269 g/mol. The fraction of sp³-hybridized carbons (Fsp3) is 0.444. The van der Waals surface area contributed by atoms with Crippen molar-refractivity contribution in [3.63, 3.8) is 0 Å². The Labute approximate surface area is 120 Å². The largest absolute Gasteiger partial charge is 0.379 e. The second-order valence-electron chi connectivity index (χ2n) is 6.30. The molecule has 2 aromatic carbocycles. The molecule has 2 heteroatoms. The smallest absolute Gasteiger partial charge is 0.0588 e. The molecule has 0 bridgehead atoms. The standard InChI is InChI=1S/C18H23NO/c1-13(2)17(10-19)18(11-20-12-18)16-8-7-14-5-3-4-6-15(14)9-16/h3-9,13,17H,10-12,19H2,1-2H3. The summed E-state index contributed by atoms with van der Waals surface area (Å²) in [5.41, 5.74) is 7.55. The van der Waals surface area contributed by atoms with Gasteiger partial charge < -0.3 is 10.5 Å². The maximum absolute atomic E-state index is 6.06. The van der Waals surface area contributed by atoms with Gasteiger partial charge in [-0.1, -0.05) is 56.3 Å². The van der Waals surface area contributed by atoms with Gasteiger partial charge in [0.25, 0.3) is 0 Å². The van der Waals surface area contributed by atoms with E-state index in [1.807, 2.05) is 0 Å². The minimum Gasteiger partial charge on any atom is -0.379 e. The Hall–Kier alpha value is -1.38. The van der Waals surface area contributed by atoms with E-state index >= 15 is 0 Å². The Balaban J connectivity index is 2.06. The predicted octanol–water partition coefficient (Wildman–Crippen LogP) is 3.34. The van der Waals surface area contributed by atoms with Gasteiger partial charge in [-0.05, 0) is 34.7 Å². The van der Waals surface area contributed by atoms with Crippen LogP contribution in [0, 0.1) is 11.8 Å². The summed E-state index contributed by atoms with van der Waals surface area (Å²) in [6, 6.07) is 15.3. The van der Waals surface area contributed by atoms with Crippen LogP contribution in [0.3, 0.4) is 0 Å². The second kappa shape index (κ2) is 5.19. The van der Waals surface area contributed by atoms with Crippen LogP contribution in [0.15, 0.2) is 42.5 Å². The molecular formula is C18H23NO. The average molecular weight is 269 g/mol. The first-order valence-electron chi connectivity index (χ1n) is 7.44. The minimum absolute atomic E-state index is 0.104. The summed E-state index contributed by atoms with van der Waals surface area (Å²) in [5.74, 6) is 1.03. The first kappa shape index (κ1) is 13.6. The van der Waals surface area contributed by atoms with E-state index in [4.69, 9.17) is 10.5 Å². The fourth-order valence-corrected chi connectivity index (χ4v) is 3.55. The number of hydrogen-bond donors (Lipinski definition) is 1. The van der Waals surface area contributed by atoms with Crippen LogP contribution >= 0.6 is 0 Å². The summed E-state index contributed by atoms with van der Waals surface area (Å²) in [6.45, 7) is 6.84. The zero-order chi connectivity index (χ0) is 14.2. The molecule has 1 saturated heterocycles. The molecule has 0 aromatic heterocycles. The van der Waals surface area contributed by atoms with Crippen LogP contribution < -0.4 is 5.73 Å². The Kier molecular flexibility index (Phi) is 3.53. The van der Waals surface area contributed by atoms with Crippen molar-refractivity contribution in [1.29, 1.82) is 0 Å². The lowest BCUT2D eigenvalue weighted by Gasteiger charge is -2.49. The highest BCUT2D eigenvalue weighted by molar-refractivity contribution is 5.83. The molecule has 1 aliphatic rings. The van der Waals surface area contributed by atoms with Gasteiger partial charge in [-0.25, -0.2) is 0 Å². The van der Waals surface area contributed by atoms with Crippen LogP contribution in [0.5, 0.6) is 0 Å². The molecule has 0 spiro atoms. The first-order chi connectivity index (χ1) is 9.67. The van der Waals surface area contributed by atoms with E-state index in [1.54, 1.807) is 0 Å². The number of fused-ring (bicyclic) bond motifs is 1. The molecule has 1 unspecified atom stereocenters. The molecule has 1 aliphatic heterocycles. The fourth-order valence-electron chi connectivity index (χ4n) is 3.55. The van der Waals surface area contributed by atoms with Gasteiger partial charge in [0.15, 0.2) is 0 Å². The van der Waals surface area contributed by atoms with E-state index in [9.17, 15) is 0 Å². The minimum atomic E-state index is 0.104. The maximum atomic E-state index is 6.06. The van der Waals surface area contributed by atoms with Gasteiger partial charge in [-0.3, -0.25) is 0 Å². The molecule has 1 fully saturated rings. The van der Waals surface area contributed by atoms with Crippen molar-refractivity contribution in [3.8, 4) is 0 Å². The summed E-state index contributed by atoms with van der Waals surface area (Å²) in [5, 5.41) is 2.59. The van der Waals surface area contributed by atoms with Gasteiger partial charge in [0.2, 0.25) is 0 Å². The summed E-state index contributed by atoms with van der Waals surface area (Å²) in [6.07, 6.45) is 0. The SMILES string of the molecule is CC(C)C(CN)C1(c2ccc3ccccc3c2)COC1. The summed E-state index contributed by atoms with van der Waals surface area (Å²) < 4.78 is 5.58. The first-order valence-corrected chi connectivity index (χ1v) is 7.44. The summed E-state index contributed by atoms with van der Waals surface area (Å²) >= 11 is 0. The number of benzene rings is 2. The Morgan fingerprint density at radius 2 is 1.80 bits per heavy atom. The average Bonchev–Trinajstić information content (AvgIpc) is 2.41. The molecule has 0 radical (unpaired) electrons. The summed E-state index contributed by atoms with van der Waals surface area (Å²) in [7, 11) is 0. The van der Waals surface area contributed by atoms with Gasteiger partial charge in [0.05, 0.1) is 13.2 Å². The van der Waals surface area contributed by atoms with Crippen molar-refractivity contribution >= 4 is 10.8 Å². The molecule has 0 saturated carbocycles. The van der Waals surface area contributed by atoms with Gasteiger partial charge >= 0.3 is 0 Å². The Morgan fingerprint density at radius 3 is 2.35 bits per heavy atom. The van der Waals surface area contributed by atoms with Gasteiger partial charge in [-0.15, -0.1) is 0 Å². The quantitative estimate of drug-likeness (QED) is 0.924. The van der Waals surface area contributed by atoms with Crippen molar-refractivity contribution in [2.75, 3.05) is 19.8 Å². The van der Waals surface area contributed by atoms with Gasteiger partial charge in [0, 0.05) is 5.41 Å². The molecular weight excluding hydrogens is 246 g/mol. The van der Waals surface area contributed by atoms with Gasteiger partial charge in [0.1, 0.15) is 0 Å². The van der Waals surface area contributed by atoms with E-state index in [-0.39, 0.29) is 5.41 Å². The topological polar surface area (TPSA) is 35.2 Å². The molecule has 2 N–H and O–H groups in total. The highest BCUT2D eigenvalue weighted by Crippen LogP contribution is 2.43. The number of nitrogens with two attached hydrogens (primary N) is 1. The van der Waals surface area contributed by atoms with Crippen molar-refractivity contribution in [1.82, 2.24) is 0 Å². The molecule has 3 rings (SSSR count). The lowest BCUT2D eigenvalue weighted by Crippen LogP contribution is -2.56. The van der Waals surface area contributed by atoms with Crippen LogP contribution in [0.2, 0.25) is 0 Å². The van der Waals surface area contributed by atoms with Crippen molar-refractivity contribution in [2.24, 2.45) is 17.6 Å². The highest BCUT2D eigenvalue weighted by atomic mass is 16.5. The molecule has 2 nitrogen and oxygen atoms in total. The zero-order valence-electron chi connectivity index (χ0n) is 12.3. The van der Waals surface area contributed by atoms with Crippen LogP contribution in [-0.2, 0) is 10.2 Å². The molecule has 0 amide bonds. The van der Waals surface area contributed by atoms with Gasteiger partial charge in [-0.2, -0.15) is 0 Å². The molecule has 1 heterocycles. The molecule has 20 heavy (non-hydrogen) atoms. The predicted molar refractivity (Wildman–Crippen MR) is 83.8 cm³/mol. The Morgan fingerprint density at radius 1 is 1.10 bits per heavy atom. The van der Waals surface area contributed by atoms with Crippen LogP contribution in [-0.4, -0.2) is 19.8 Å². The summed E-state index contributed by atoms with van der Waals surface area (Å²) in [4.78, 5) is 0. The zero-order valence-corrected chi connectivity index (χ0v) is 12.3. The van der Waals surface area contributed by atoms with Crippen LogP contribution in [0.1, 0.15) is 19.4 Å². The third-order valence-corrected chi connectivity index (χ3v) is 4.81. The van der Waals surface area contributed by atoms with Crippen molar-refractivity contribution < 1.29 is 4.74 Å². The third kappa shape index (κ3) is 2.04. The maximum Gasteiger partial charge on any atom is 0.0588 e. The third-order valence-electron chi connectivity index (χ3n) is 4.81. The second-order valence-corrected chi connectivity index (χ2v) is 6.30. The van der Waals surface area contributed by atoms with Crippen LogP contribution in [0.25, 0.3) is 10.8 Å². The van der Waals surface area contributed by atoms with E-state index < -0.39 is 0 Å². The van der Waals surface area contributed by atoms with E-state index in [0.29, 0.717) is 18.4 Å². The van der Waals surface area contributed by atoms with E-state index in [1.165, 1.54) is 16.3 Å². The molecule has 2 aromatic rings. The number of rotatable bonds is 4. The van der Waals surface area contributed by atoms with E-state index in [0.717, 1.165) is 13.2 Å². The van der Waals surface area contributed by atoms with Crippen molar-refractivity contribution in [3.05, 3.63) is 48.0 Å². The molecule has 0 aliphatic carbocycles. The normalized spacial score (nSPS) is 19.0. The number of hydrogen-bond acceptors (Lipinski definition) is 2. The molecule has 106 valence electrons. The molecule has 1 atom stereocenters. The number of ether oxygens (including phenoxy) is 1.